The lowest BCUT2D eigenvalue weighted by Crippen LogP contribution is -2.51. The molecule has 11 heteroatoms. The number of carbonyl (C=O) groups is 2. The molecule has 4 aromatic carbocycles. The zero-order chi connectivity index (χ0) is 34.9. The van der Waals surface area contributed by atoms with E-state index in [9.17, 15) is 23.1 Å². The molecule has 0 saturated carbocycles. The number of anilines is 1. The molecule has 10 nitrogen and oxygen atoms in total. The number of ether oxygens (including phenoxy) is 1. The first kappa shape index (κ1) is 35.0. The molecule has 2 heterocycles. The number of phenolic OH excluding ortho intramolecular Hbond substituents is 1. The molecule has 50 heavy (non-hydrogen) atoms. The molecule has 6 rings (SSSR count). The number of phenols is 1. The third-order valence-corrected chi connectivity index (χ3v) is 10.9. The summed E-state index contributed by atoms with van der Waals surface area (Å²) in [7, 11) is -4.03. The smallest absolute Gasteiger partial charge is 0.262 e. The van der Waals surface area contributed by atoms with Crippen LogP contribution in [0.5, 0.6) is 17.2 Å². The SMILES string of the molecule is O=C(NC(Cc1ccc(O)cc1)C(=O)N1CCC(CCN2CCCC2)CC1)c1ccc(S(=O)(=O)Nc2ccccc2Oc2ccccc2)cc1. The van der Waals surface area contributed by atoms with Gasteiger partial charge in [-0.05, 0) is 124 Å². The summed E-state index contributed by atoms with van der Waals surface area (Å²) in [4.78, 5) is 31.7. The lowest BCUT2D eigenvalue weighted by atomic mass is 9.92. The zero-order valence-corrected chi connectivity index (χ0v) is 28.9. The van der Waals surface area contributed by atoms with Crippen LogP contribution in [0.15, 0.2) is 108 Å². The van der Waals surface area contributed by atoms with Crippen molar-refractivity contribution < 1.29 is 27.9 Å². The first-order valence-electron chi connectivity index (χ1n) is 17.3. The number of hydrogen-bond acceptors (Lipinski definition) is 7. The summed E-state index contributed by atoms with van der Waals surface area (Å²) in [6.45, 7) is 4.77. The molecular formula is C39H44N4O6S. The van der Waals surface area contributed by atoms with Crippen LogP contribution in [0.2, 0.25) is 0 Å². The molecule has 0 radical (unpaired) electrons. The van der Waals surface area contributed by atoms with E-state index in [1.807, 2.05) is 23.1 Å². The zero-order valence-electron chi connectivity index (χ0n) is 28.0. The van der Waals surface area contributed by atoms with E-state index < -0.39 is 22.0 Å². The fraction of sp³-hybridized carbons (Fsp3) is 0.333. The van der Waals surface area contributed by atoms with Crippen molar-refractivity contribution in [3.63, 3.8) is 0 Å². The van der Waals surface area contributed by atoms with E-state index in [-0.39, 0.29) is 34.2 Å². The summed E-state index contributed by atoms with van der Waals surface area (Å²) < 4.78 is 35.2. The molecule has 3 N–H and O–H groups in total. The number of para-hydroxylation sites is 3. The van der Waals surface area contributed by atoms with Crippen LogP contribution < -0.4 is 14.8 Å². The highest BCUT2D eigenvalue weighted by Gasteiger charge is 2.30. The molecule has 262 valence electrons. The van der Waals surface area contributed by atoms with Crippen molar-refractivity contribution in [2.75, 3.05) is 37.4 Å². The number of carbonyl (C=O) groups excluding carboxylic acids is 2. The van der Waals surface area contributed by atoms with E-state index in [0.29, 0.717) is 30.5 Å². The van der Waals surface area contributed by atoms with Gasteiger partial charge in [0.15, 0.2) is 5.75 Å². The minimum absolute atomic E-state index is 0.0344. The van der Waals surface area contributed by atoms with Gasteiger partial charge in [-0.3, -0.25) is 14.3 Å². The number of hydrogen-bond donors (Lipinski definition) is 3. The van der Waals surface area contributed by atoms with Gasteiger partial charge in [0.2, 0.25) is 5.91 Å². The Morgan fingerprint density at radius 2 is 1.48 bits per heavy atom. The fourth-order valence-electron chi connectivity index (χ4n) is 6.59. The van der Waals surface area contributed by atoms with Gasteiger partial charge in [-0.15, -0.1) is 0 Å². The van der Waals surface area contributed by atoms with Crippen LogP contribution in [0.3, 0.4) is 0 Å². The van der Waals surface area contributed by atoms with Gasteiger partial charge in [-0.2, -0.15) is 0 Å². The monoisotopic (exact) mass is 696 g/mol. The average Bonchev–Trinajstić information content (AvgIpc) is 3.66. The van der Waals surface area contributed by atoms with E-state index in [1.165, 1.54) is 50.2 Å². The van der Waals surface area contributed by atoms with E-state index in [2.05, 4.69) is 14.9 Å². The maximum atomic E-state index is 13.9. The second kappa shape index (κ2) is 16.2. The van der Waals surface area contributed by atoms with Crippen LogP contribution in [0.25, 0.3) is 0 Å². The number of aromatic hydroxyl groups is 1. The van der Waals surface area contributed by atoms with Crippen molar-refractivity contribution in [2.24, 2.45) is 5.92 Å². The van der Waals surface area contributed by atoms with Crippen molar-refractivity contribution in [3.8, 4) is 17.2 Å². The predicted molar refractivity (Wildman–Crippen MR) is 193 cm³/mol. The average molecular weight is 697 g/mol. The molecule has 4 aromatic rings. The molecule has 2 aliphatic heterocycles. The Morgan fingerprint density at radius 3 is 2.18 bits per heavy atom. The maximum Gasteiger partial charge on any atom is 0.262 e. The molecule has 0 aromatic heterocycles. The van der Waals surface area contributed by atoms with Gasteiger partial charge in [0, 0.05) is 25.1 Å². The lowest BCUT2D eigenvalue weighted by Gasteiger charge is -2.35. The first-order valence-corrected chi connectivity index (χ1v) is 18.8. The molecule has 0 aliphatic carbocycles. The summed E-state index contributed by atoms with van der Waals surface area (Å²) >= 11 is 0. The Kier molecular flexibility index (Phi) is 11.3. The normalized spacial score (nSPS) is 16.1. The lowest BCUT2D eigenvalue weighted by molar-refractivity contribution is -0.134. The van der Waals surface area contributed by atoms with Crippen LogP contribution in [-0.2, 0) is 21.2 Å². The topological polar surface area (TPSA) is 128 Å². The molecule has 0 spiro atoms. The summed E-state index contributed by atoms with van der Waals surface area (Å²) in [6, 6.07) is 27.2. The second-order valence-corrected chi connectivity index (χ2v) is 14.7. The number of nitrogens with zero attached hydrogens (tertiary/aromatic N) is 2. The molecule has 2 amide bonds. The molecule has 1 atom stereocenters. The fourth-order valence-corrected chi connectivity index (χ4v) is 7.66. The minimum Gasteiger partial charge on any atom is -0.508 e. The van der Waals surface area contributed by atoms with E-state index in [4.69, 9.17) is 4.74 Å². The van der Waals surface area contributed by atoms with Crippen LogP contribution in [0.4, 0.5) is 5.69 Å². The minimum atomic E-state index is -4.03. The Bertz CT molecular complexity index is 1840. The van der Waals surface area contributed by atoms with Gasteiger partial charge in [-0.1, -0.05) is 42.5 Å². The van der Waals surface area contributed by atoms with Crippen molar-refractivity contribution >= 4 is 27.5 Å². The van der Waals surface area contributed by atoms with Gasteiger partial charge >= 0.3 is 0 Å². The maximum absolute atomic E-state index is 13.9. The van der Waals surface area contributed by atoms with Crippen molar-refractivity contribution in [1.29, 1.82) is 0 Å². The van der Waals surface area contributed by atoms with Gasteiger partial charge in [-0.25, -0.2) is 8.42 Å². The van der Waals surface area contributed by atoms with Gasteiger partial charge in [0.05, 0.1) is 10.6 Å². The number of nitrogens with one attached hydrogen (secondary N) is 2. The Hall–Kier alpha value is -4.87. The number of amides is 2. The van der Waals surface area contributed by atoms with Crippen LogP contribution in [0.1, 0.15) is 48.0 Å². The highest BCUT2D eigenvalue weighted by Crippen LogP contribution is 2.31. The van der Waals surface area contributed by atoms with Gasteiger partial charge in [0.1, 0.15) is 17.5 Å². The van der Waals surface area contributed by atoms with Gasteiger partial charge in [0.25, 0.3) is 15.9 Å². The number of rotatable bonds is 13. The van der Waals surface area contributed by atoms with E-state index in [0.717, 1.165) is 31.4 Å². The molecule has 1 unspecified atom stereocenters. The molecule has 2 saturated heterocycles. The number of benzene rings is 4. The van der Waals surface area contributed by atoms with Crippen molar-refractivity contribution in [1.82, 2.24) is 15.1 Å². The number of piperidine rings is 1. The van der Waals surface area contributed by atoms with Crippen molar-refractivity contribution in [3.05, 3.63) is 114 Å². The highest BCUT2D eigenvalue weighted by atomic mass is 32.2. The summed E-state index contributed by atoms with van der Waals surface area (Å²) in [5, 5.41) is 12.7. The second-order valence-electron chi connectivity index (χ2n) is 13.0. The number of sulfonamides is 1. The third-order valence-electron chi connectivity index (χ3n) is 9.49. The first-order chi connectivity index (χ1) is 24.2. The summed E-state index contributed by atoms with van der Waals surface area (Å²) in [6.07, 6.45) is 5.83. The largest absolute Gasteiger partial charge is 0.508 e. The number of likely N-dealkylation sites (tertiary alicyclic amines) is 2. The molecule has 2 fully saturated rings. The molecule has 2 aliphatic rings. The third kappa shape index (κ3) is 9.22. The standard InChI is InChI=1S/C39H44N4O6S/c44-32-16-12-30(13-17-32)28-36(39(46)43-26-21-29(22-27-43)20-25-42-23-6-7-24-42)40-38(45)31-14-18-34(19-15-31)50(47,48)41-35-10-4-5-11-37(35)49-33-8-2-1-3-9-33/h1-5,8-19,29,36,41,44H,6-7,20-28H2,(H,40,45). The summed E-state index contributed by atoms with van der Waals surface area (Å²) in [5.74, 6) is 0.973. The summed E-state index contributed by atoms with van der Waals surface area (Å²) in [5.41, 5.74) is 1.29. The van der Waals surface area contributed by atoms with Crippen molar-refractivity contribution in [2.45, 2.75) is 49.5 Å². The highest BCUT2D eigenvalue weighted by molar-refractivity contribution is 7.92. The molecule has 0 bridgehead atoms. The van der Waals surface area contributed by atoms with E-state index in [1.54, 1.807) is 60.7 Å². The molecular weight excluding hydrogens is 653 g/mol. The quantitative estimate of drug-likeness (QED) is 0.155. The Labute approximate surface area is 294 Å². The van der Waals surface area contributed by atoms with Gasteiger partial charge < -0.3 is 25.0 Å². The Balaban J connectivity index is 1.11. The van der Waals surface area contributed by atoms with Crippen LogP contribution in [0, 0.1) is 5.92 Å². The van der Waals surface area contributed by atoms with E-state index >= 15 is 0 Å². The van der Waals surface area contributed by atoms with Crippen LogP contribution in [-0.4, -0.2) is 73.9 Å². The van der Waals surface area contributed by atoms with Crippen LogP contribution >= 0.6 is 0 Å². The predicted octanol–water partition coefficient (Wildman–Crippen LogP) is 6.05. The Morgan fingerprint density at radius 1 is 0.820 bits per heavy atom.